The molecule has 0 spiro atoms. The van der Waals surface area contributed by atoms with Gasteiger partial charge in [-0.05, 0) is 48.3 Å². The second-order valence-corrected chi connectivity index (χ2v) is 9.58. The Kier molecular flexibility index (Phi) is 4.79. The summed E-state index contributed by atoms with van der Waals surface area (Å²) in [6.07, 6.45) is 6.51. The molecule has 4 heteroatoms. The number of hydrogen-bond donors (Lipinski definition) is 2. The molecule has 0 aliphatic rings. The molecule has 0 amide bonds. The molecule has 0 aromatic heterocycles. The largest absolute Gasteiger partial charge is 0.397 e. The van der Waals surface area contributed by atoms with Gasteiger partial charge in [0.1, 0.15) is 5.84 Å². The first kappa shape index (κ1) is 16.0. The Morgan fingerprint density at radius 3 is 2.23 bits per heavy atom. The molecule has 0 unspecified atom stereocenters. The fraction of sp³-hybridized carbons (Fsp3) is 0.167. The lowest BCUT2D eigenvalue weighted by atomic mass is 10.1. The van der Waals surface area contributed by atoms with Crippen molar-refractivity contribution >= 4 is 27.2 Å². The van der Waals surface area contributed by atoms with Gasteiger partial charge in [-0.1, -0.05) is 30.2 Å². The van der Waals surface area contributed by atoms with Gasteiger partial charge in [0.25, 0.3) is 0 Å². The molecule has 0 atom stereocenters. The lowest BCUT2D eigenvalue weighted by molar-refractivity contribution is 1.45. The second-order valence-electron chi connectivity index (χ2n) is 5.70. The van der Waals surface area contributed by atoms with Gasteiger partial charge in [-0.3, -0.25) is 0 Å². The summed E-state index contributed by atoms with van der Waals surface area (Å²) in [6, 6.07) is 15.2. The molecule has 0 aliphatic carbocycles. The monoisotopic (exact) mass is 311 g/mol. The zero-order valence-electron chi connectivity index (χ0n) is 13.1. The summed E-state index contributed by atoms with van der Waals surface area (Å²) in [4.78, 5) is 4.38. The van der Waals surface area contributed by atoms with Gasteiger partial charge in [0.05, 0.1) is 11.4 Å². The van der Waals surface area contributed by atoms with Gasteiger partial charge >= 0.3 is 0 Å². The maximum absolute atomic E-state index is 6.05. The highest BCUT2D eigenvalue weighted by molar-refractivity contribution is 8.35. The first-order valence-corrected chi connectivity index (χ1v) is 9.71. The van der Waals surface area contributed by atoms with Crippen molar-refractivity contribution in [3.63, 3.8) is 0 Å². The van der Waals surface area contributed by atoms with Crippen LogP contribution in [0.4, 0.5) is 11.4 Å². The average Bonchev–Trinajstić information content (AvgIpc) is 2.47. The number of nitrogens with zero attached hydrogens (tertiary/aromatic N) is 1. The molecular weight excluding hydrogens is 290 g/mol. The lowest BCUT2D eigenvalue weighted by Crippen LogP contribution is -2.12. The van der Waals surface area contributed by atoms with Crippen molar-refractivity contribution in [1.82, 2.24) is 0 Å². The van der Waals surface area contributed by atoms with Crippen molar-refractivity contribution in [1.29, 1.82) is 0 Å². The summed E-state index contributed by atoms with van der Waals surface area (Å²) in [5.74, 6) is 3.64. The highest BCUT2D eigenvalue weighted by Gasteiger charge is 2.01. The quantitative estimate of drug-likeness (QED) is 0.387. The van der Waals surface area contributed by atoms with Crippen molar-refractivity contribution in [2.24, 2.45) is 10.7 Å². The molecule has 3 nitrogen and oxygen atoms in total. The van der Waals surface area contributed by atoms with E-state index in [0.29, 0.717) is 17.2 Å². The topological polar surface area (TPSA) is 64.4 Å². The van der Waals surface area contributed by atoms with E-state index in [0.717, 1.165) is 11.1 Å². The van der Waals surface area contributed by atoms with Gasteiger partial charge in [0.2, 0.25) is 0 Å². The van der Waals surface area contributed by atoms with Crippen molar-refractivity contribution in [3.05, 3.63) is 59.7 Å². The molecule has 114 valence electrons. The molecule has 0 saturated carbocycles. The Hall–Kier alpha value is -2.38. The summed E-state index contributed by atoms with van der Waals surface area (Å²) in [6.45, 7) is 0. The number of rotatable bonds is 2. The number of hydrogen-bond acceptors (Lipinski definition) is 2. The third kappa shape index (κ3) is 4.57. The van der Waals surface area contributed by atoms with E-state index in [4.69, 9.17) is 11.5 Å². The molecule has 0 fully saturated rings. The van der Waals surface area contributed by atoms with E-state index in [1.54, 1.807) is 6.07 Å². The van der Waals surface area contributed by atoms with E-state index in [2.05, 4.69) is 34.9 Å². The zero-order valence-corrected chi connectivity index (χ0v) is 13.9. The van der Waals surface area contributed by atoms with Crippen LogP contribution in [0, 0.1) is 11.2 Å². The third-order valence-electron chi connectivity index (χ3n) is 2.86. The molecule has 0 radical (unpaired) electrons. The van der Waals surface area contributed by atoms with Gasteiger partial charge < -0.3 is 11.5 Å². The van der Waals surface area contributed by atoms with Crippen LogP contribution in [-0.2, 0) is 0 Å². The minimum atomic E-state index is -0.818. The molecule has 0 saturated heterocycles. The number of nitrogens with two attached hydrogens (primary N) is 2. The maximum atomic E-state index is 6.05. The summed E-state index contributed by atoms with van der Waals surface area (Å²) in [5.41, 5.74) is 15.1. The maximum Gasteiger partial charge on any atom is 0.131 e. The molecule has 0 aliphatic heterocycles. The van der Waals surface area contributed by atoms with Crippen LogP contribution in [0.1, 0.15) is 11.1 Å². The van der Waals surface area contributed by atoms with Gasteiger partial charge in [-0.2, -0.15) is 10.0 Å². The van der Waals surface area contributed by atoms with Crippen LogP contribution in [0.2, 0.25) is 0 Å². The first-order chi connectivity index (χ1) is 10.3. The van der Waals surface area contributed by atoms with Crippen molar-refractivity contribution < 1.29 is 0 Å². The Morgan fingerprint density at radius 1 is 1.00 bits per heavy atom. The Balaban J connectivity index is 2.23. The predicted molar refractivity (Wildman–Crippen MR) is 99.9 cm³/mol. The molecule has 2 aromatic rings. The fourth-order valence-electron chi connectivity index (χ4n) is 1.72. The lowest BCUT2D eigenvalue weighted by Gasteiger charge is -2.14. The van der Waals surface area contributed by atoms with Crippen LogP contribution in [0.3, 0.4) is 0 Å². The first-order valence-electron chi connectivity index (χ1n) is 6.85. The number of para-hydroxylation sites is 2. The Bertz CT molecular complexity index is 744. The third-order valence-corrected chi connectivity index (χ3v) is 3.57. The summed E-state index contributed by atoms with van der Waals surface area (Å²) in [5, 5.41) is 3.29. The number of benzene rings is 2. The highest BCUT2D eigenvalue weighted by atomic mass is 32.3. The summed E-state index contributed by atoms with van der Waals surface area (Å²) >= 11 is 0. The van der Waals surface area contributed by atoms with E-state index in [9.17, 15) is 0 Å². The summed E-state index contributed by atoms with van der Waals surface area (Å²) in [7, 11) is -0.818. The van der Waals surface area contributed by atoms with E-state index in [1.165, 1.54) is 0 Å². The number of nitrogen functional groups attached to an aromatic ring is 1. The van der Waals surface area contributed by atoms with Crippen LogP contribution in [0.15, 0.2) is 53.5 Å². The number of anilines is 1. The van der Waals surface area contributed by atoms with Crippen LogP contribution in [0.25, 0.3) is 0 Å². The van der Waals surface area contributed by atoms with Gasteiger partial charge in [-0.15, -0.1) is 0 Å². The number of aliphatic imine (C=N–C) groups is 1. The van der Waals surface area contributed by atoms with E-state index in [-0.39, 0.29) is 0 Å². The summed E-state index contributed by atoms with van der Waals surface area (Å²) < 4.78 is 0. The Morgan fingerprint density at radius 2 is 1.64 bits per heavy atom. The minimum Gasteiger partial charge on any atom is -0.397 e. The van der Waals surface area contributed by atoms with E-state index >= 15 is 0 Å². The van der Waals surface area contributed by atoms with Crippen LogP contribution in [0.5, 0.6) is 0 Å². The Labute approximate surface area is 133 Å². The minimum absolute atomic E-state index is 0.443. The van der Waals surface area contributed by atoms with Gasteiger partial charge in [0.15, 0.2) is 0 Å². The van der Waals surface area contributed by atoms with E-state index in [1.807, 2.05) is 42.5 Å². The fourth-order valence-corrected chi connectivity index (χ4v) is 2.14. The second kappa shape index (κ2) is 6.59. The van der Waals surface area contributed by atoms with E-state index < -0.39 is 10.0 Å². The molecule has 2 rings (SSSR count). The van der Waals surface area contributed by atoms with Crippen molar-refractivity contribution in [3.8, 4) is 11.2 Å². The normalized spacial score (nSPS) is 12.4. The van der Waals surface area contributed by atoms with Crippen LogP contribution in [-0.4, -0.2) is 24.6 Å². The molecular formula is C18H21N3S. The van der Waals surface area contributed by atoms with Crippen molar-refractivity contribution in [2.45, 2.75) is 0 Å². The number of amidine groups is 1. The zero-order chi connectivity index (χ0) is 16.2. The molecule has 0 heterocycles. The standard InChI is InChI=1S/C18H21N3S/c1-22(2,3)13-12-14-8-10-15(11-9-14)18(20)21-17-7-5-4-6-16(17)19/h4-11H,19H2,1-3H3,(H2,20,21). The molecule has 4 N–H and O–H groups in total. The molecule has 0 bridgehead atoms. The van der Waals surface area contributed by atoms with Gasteiger partial charge in [0, 0.05) is 11.1 Å². The highest BCUT2D eigenvalue weighted by Crippen LogP contribution is 2.32. The average molecular weight is 311 g/mol. The SMILES string of the molecule is CS(C)(C)C#Cc1ccc(C(N)=Nc2ccccc2N)cc1. The van der Waals surface area contributed by atoms with Crippen LogP contribution < -0.4 is 11.5 Å². The van der Waals surface area contributed by atoms with Crippen molar-refractivity contribution in [2.75, 3.05) is 24.5 Å². The molecule has 2 aromatic carbocycles. The van der Waals surface area contributed by atoms with Gasteiger partial charge in [-0.25, -0.2) is 4.99 Å². The smallest absolute Gasteiger partial charge is 0.131 e. The van der Waals surface area contributed by atoms with Crippen LogP contribution >= 0.6 is 10.0 Å². The molecule has 22 heavy (non-hydrogen) atoms. The predicted octanol–water partition coefficient (Wildman–Crippen LogP) is 3.31.